The van der Waals surface area contributed by atoms with Gasteiger partial charge in [-0.3, -0.25) is 4.79 Å². The average molecular weight is 321 g/mol. The van der Waals surface area contributed by atoms with Crippen molar-refractivity contribution in [2.24, 2.45) is 0 Å². The smallest absolute Gasteiger partial charge is 0.416 e. The van der Waals surface area contributed by atoms with E-state index in [1.54, 1.807) is 30.3 Å². The van der Waals surface area contributed by atoms with Gasteiger partial charge in [0.25, 0.3) is 0 Å². The van der Waals surface area contributed by atoms with E-state index in [2.05, 4.69) is 5.32 Å². The van der Waals surface area contributed by atoms with Gasteiger partial charge in [0.05, 0.1) is 12.7 Å². The van der Waals surface area contributed by atoms with Crippen LogP contribution in [0.1, 0.15) is 11.1 Å². The molecule has 0 aliphatic carbocycles. The molecule has 0 aliphatic rings. The van der Waals surface area contributed by atoms with Crippen molar-refractivity contribution in [2.45, 2.75) is 6.18 Å². The minimum atomic E-state index is -4.40. The van der Waals surface area contributed by atoms with Crippen molar-refractivity contribution in [3.8, 4) is 5.75 Å². The van der Waals surface area contributed by atoms with Crippen molar-refractivity contribution in [3.05, 3.63) is 65.7 Å². The topological polar surface area (TPSA) is 38.3 Å². The van der Waals surface area contributed by atoms with E-state index in [9.17, 15) is 18.0 Å². The molecule has 23 heavy (non-hydrogen) atoms. The highest BCUT2D eigenvalue weighted by Crippen LogP contribution is 2.29. The summed E-state index contributed by atoms with van der Waals surface area (Å²) in [5.74, 6) is 0.168. The molecule has 0 spiro atoms. The number of benzene rings is 2. The first kappa shape index (κ1) is 16.6. The largest absolute Gasteiger partial charge is 0.496 e. The van der Waals surface area contributed by atoms with Gasteiger partial charge in [0.2, 0.25) is 5.91 Å². The van der Waals surface area contributed by atoms with Crippen molar-refractivity contribution in [2.75, 3.05) is 12.4 Å². The molecule has 120 valence electrons. The molecule has 2 rings (SSSR count). The molecule has 0 bridgehead atoms. The molecule has 0 radical (unpaired) electrons. The third kappa shape index (κ3) is 4.60. The van der Waals surface area contributed by atoms with Crippen molar-refractivity contribution >= 4 is 17.7 Å². The summed E-state index contributed by atoms with van der Waals surface area (Å²) in [6.07, 6.45) is -1.54. The van der Waals surface area contributed by atoms with Crippen LogP contribution < -0.4 is 10.1 Å². The van der Waals surface area contributed by atoms with Crippen LogP contribution in [0.25, 0.3) is 6.08 Å². The zero-order valence-corrected chi connectivity index (χ0v) is 12.2. The summed E-state index contributed by atoms with van der Waals surface area (Å²) in [7, 11) is 1.52. The lowest BCUT2D eigenvalue weighted by Crippen LogP contribution is -2.09. The van der Waals surface area contributed by atoms with E-state index < -0.39 is 17.6 Å². The molecule has 0 heterocycles. The zero-order valence-electron chi connectivity index (χ0n) is 12.2. The molecule has 0 aliphatic heterocycles. The number of anilines is 1. The fourth-order valence-corrected chi connectivity index (χ4v) is 1.90. The predicted octanol–water partition coefficient (Wildman–Crippen LogP) is 4.37. The van der Waals surface area contributed by atoms with Crippen LogP contribution in [0.15, 0.2) is 54.6 Å². The second-order valence-corrected chi connectivity index (χ2v) is 4.64. The number of amides is 1. The molecule has 0 saturated heterocycles. The Bertz CT molecular complexity index is 707. The van der Waals surface area contributed by atoms with Crippen molar-refractivity contribution in [1.29, 1.82) is 0 Å². The molecule has 0 aromatic heterocycles. The average Bonchev–Trinajstić information content (AvgIpc) is 2.53. The van der Waals surface area contributed by atoms with Gasteiger partial charge in [-0.15, -0.1) is 0 Å². The van der Waals surface area contributed by atoms with Crippen LogP contribution in [0, 0.1) is 0 Å². The number of para-hydroxylation sites is 1. The number of hydrogen-bond donors (Lipinski definition) is 1. The first-order valence-corrected chi connectivity index (χ1v) is 6.69. The molecule has 1 amide bonds. The van der Waals surface area contributed by atoms with Gasteiger partial charge in [-0.05, 0) is 36.4 Å². The highest BCUT2D eigenvalue weighted by molar-refractivity contribution is 6.02. The second-order valence-electron chi connectivity index (χ2n) is 4.64. The summed E-state index contributed by atoms with van der Waals surface area (Å²) in [4.78, 5) is 11.8. The molecule has 3 nitrogen and oxygen atoms in total. The zero-order chi connectivity index (χ0) is 16.9. The molecule has 2 aromatic rings. The maximum atomic E-state index is 12.5. The molecule has 6 heteroatoms. The molecule has 0 fully saturated rings. The summed E-state index contributed by atoms with van der Waals surface area (Å²) >= 11 is 0. The van der Waals surface area contributed by atoms with Gasteiger partial charge in [-0.25, -0.2) is 0 Å². The Morgan fingerprint density at radius 1 is 1.09 bits per heavy atom. The molecular formula is C17H14F3NO2. The Morgan fingerprint density at radius 2 is 1.74 bits per heavy atom. The third-order valence-corrected chi connectivity index (χ3v) is 3.03. The van der Waals surface area contributed by atoms with Crippen molar-refractivity contribution < 1.29 is 22.7 Å². The van der Waals surface area contributed by atoms with Crippen LogP contribution in [-0.4, -0.2) is 13.0 Å². The van der Waals surface area contributed by atoms with E-state index in [1.165, 1.54) is 25.3 Å². The maximum absolute atomic E-state index is 12.5. The SMILES string of the molecule is COc1ccccc1/C=C/C(=O)Nc1ccc(C(F)(F)F)cc1. The molecule has 1 N–H and O–H groups in total. The number of carbonyl (C=O) groups is 1. The van der Waals surface area contributed by atoms with Gasteiger partial charge < -0.3 is 10.1 Å². The van der Waals surface area contributed by atoms with E-state index in [-0.39, 0.29) is 5.69 Å². The maximum Gasteiger partial charge on any atom is 0.416 e. The Balaban J connectivity index is 2.03. The second kappa shape index (κ2) is 7.00. The summed E-state index contributed by atoms with van der Waals surface area (Å²) in [6.45, 7) is 0. The number of hydrogen-bond acceptors (Lipinski definition) is 2. The summed E-state index contributed by atoms with van der Waals surface area (Å²) < 4.78 is 42.5. The summed E-state index contributed by atoms with van der Waals surface area (Å²) in [6, 6.07) is 11.4. The normalized spacial score (nSPS) is 11.5. The lowest BCUT2D eigenvalue weighted by Gasteiger charge is -2.08. The van der Waals surface area contributed by atoms with Crippen LogP contribution in [0.3, 0.4) is 0 Å². The van der Waals surface area contributed by atoms with Crippen LogP contribution >= 0.6 is 0 Å². The van der Waals surface area contributed by atoms with Gasteiger partial charge in [-0.2, -0.15) is 13.2 Å². The Morgan fingerprint density at radius 3 is 2.35 bits per heavy atom. The Hall–Kier alpha value is -2.76. The van der Waals surface area contributed by atoms with E-state index in [0.717, 1.165) is 17.7 Å². The van der Waals surface area contributed by atoms with E-state index >= 15 is 0 Å². The molecule has 0 saturated carbocycles. The summed E-state index contributed by atoms with van der Waals surface area (Å²) in [5.41, 5.74) is 0.241. The van der Waals surface area contributed by atoms with Crippen molar-refractivity contribution in [3.63, 3.8) is 0 Å². The van der Waals surface area contributed by atoms with Crippen LogP contribution in [0.5, 0.6) is 5.75 Å². The first-order chi connectivity index (χ1) is 10.9. The van der Waals surface area contributed by atoms with Crippen LogP contribution in [-0.2, 0) is 11.0 Å². The number of alkyl halides is 3. The Labute approximate surface area is 131 Å². The number of nitrogens with one attached hydrogen (secondary N) is 1. The fourth-order valence-electron chi connectivity index (χ4n) is 1.90. The van der Waals surface area contributed by atoms with Gasteiger partial charge in [0.15, 0.2) is 0 Å². The highest BCUT2D eigenvalue weighted by atomic mass is 19.4. The third-order valence-electron chi connectivity index (χ3n) is 3.03. The molecule has 0 unspecified atom stereocenters. The minimum absolute atomic E-state index is 0.285. The minimum Gasteiger partial charge on any atom is -0.496 e. The molecule has 0 atom stereocenters. The quantitative estimate of drug-likeness (QED) is 0.850. The Kier molecular flexibility index (Phi) is 5.05. The van der Waals surface area contributed by atoms with Gasteiger partial charge in [0, 0.05) is 17.3 Å². The lowest BCUT2D eigenvalue weighted by atomic mass is 10.2. The molecular weight excluding hydrogens is 307 g/mol. The predicted molar refractivity (Wildman–Crippen MR) is 82.1 cm³/mol. The van der Waals surface area contributed by atoms with Crippen molar-refractivity contribution in [1.82, 2.24) is 0 Å². The van der Waals surface area contributed by atoms with E-state index in [0.29, 0.717) is 5.75 Å². The number of rotatable bonds is 4. The van der Waals surface area contributed by atoms with Crippen LogP contribution in [0.4, 0.5) is 18.9 Å². The van der Waals surface area contributed by atoms with Gasteiger partial charge in [-0.1, -0.05) is 18.2 Å². The standard InChI is InChI=1S/C17H14F3NO2/c1-23-15-5-3-2-4-12(15)6-11-16(22)21-14-9-7-13(8-10-14)17(18,19)20/h2-11H,1H3,(H,21,22)/b11-6+. The number of methoxy groups -OCH3 is 1. The number of ether oxygens (including phenoxy) is 1. The molecule has 2 aromatic carbocycles. The van der Waals surface area contributed by atoms with Gasteiger partial charge >= 0.3 is 6.18 Å². The van der Waals surface area contributed by atoms with E-state index in [1.807, 2.05) is 0 Å². The highest BCUT2D eigenvalue weighted by Gasteiger charge is 2.29. The first-order valence-electron chi connectivity index (χ1n) is 6.69. The van der Waals surface area contributed by atoms with Crippen LogP contribution in [0.2, 0.25) is 0 Å². The van der Waals surface area contributed by atoms with Gasteiger partial charge in [0.1, 0.15) is 5.75 Å². The fraction of sp³-hybridized carbons (Fsp3) is 0.118. The monoisotopic (exact) mass is 321 g/mol. The number of halogens is 3. The van der Waals surface area contributed by atoms with E-state index in [4.69, 9.17) is 4.74 Å². The lowest BCUT2D eigenvalue weighted by molar-refractivity contribution is -0.137. The summed E-state index contributed by atoms with van der Waals surface area (Å²) in [5, 5.41) is 2.49. The number of carbonyl (C=O) groups excluding carboxylic acids is 1.